The Bertz CT molecular complexity index is 615. The van der Waals surface area contributed by atoms with Crippen LogP contribution in [0.4, 0.5) is 23.7 Å². The Labute approximate surface area is 148 Å². The average molecular weight is 381 g/mol. The first kappa shape index (κ1) is 21.1. The van der Waals surface area contributed by atoms with Gasteiger partial charge in [-0.15, -0.1) is 11.6 Å². The topological polar surface area (TPSA) is 67.4 Å². The van der Waals surface area contributed by atoms with E-state index in [0.29, 0.717) is 0 Å². The fraction of sp³-hybridized carbons (Fsp3) is 0.500. The van der Waals surface area contributed by atoms with E-state index in [1.807, 2.05) is 0 Å². The van der Waals surface area contributed by atoms with E-state index in [4.69, 9.17) is 16.3 Å². The molecule has 1 unspecified atom stereocenters. The lowest BCUT2D eigenvalue weighted by atomic mass is 10.1. The lowest BCUT2D eigenvalue weighted by Crippen LogP contribution is -2.44. The van der Waals surface area contributed by atoms with E-state index in [2.05, 4.69) is 10.6 Å². The Balaban J connectivity index is 2.81. The van der Waals surface area contributed by atoms with Crippen LogP contribution in [0.2, 0.25) is 0 Å². The summed E-state index contributed by atoms with van der Waals surface area (Å²) in [6, 6.07) is 4.16. The number of nitrogens with one attached hydrogen (secondary N) is 2. The summed E-state index contributed by atoms with van der Waals surface area (Å²) < 4.78 is 43.1. The van der Waals surface area contributed by atoms with Gasteiger partial charge in [-0.3, -0.25) is 4.79 Å². The van der Waals surface area contributed by atoms with Gasteiger partial charge in [-0.2, -0.15) is 13.2 Å². The molecule has 0 aliphatic rings. The van der Waals surface area contributed by atoms with Crippen molar-refractivity contribution in [1.29, 1.82) is 0 Å². The van der Waals surface area contributed by atoms with Crippen molar-refractivity contribution in [3.05, 3.63) is 29.8 Å². The highest BCUT2D eigenvalue weighted by atomic mass is 35.5. The van der Waals surface area contributed by atoms with Crippen LogP contribution >= 0.6 is 11.6 Å². The monoisotopic (exact) mass is 380 g/mol. The van der Waals surface area contributed by atoms with Gasteiger partial charge in [0.2, 0.25) is 0 Å². The van der Waals surface area contributed by atoms with Gasteiger partial charge in [-0.1, -0.05) is 6.07 Å². The third kappa shape index (κ3) is 7.64. The first-order valence-electron chi connectivity index (χ1n) is 7.45. The zero-order valence-corrected chi connectivity index (χ0v) is 14.8. The molecule has 2 amide bonds. The Morgan fingerprint density at radius 3 is 2.40 bits per heavy atom. The number of hydrogen-bond donors (Lipinski definition) is 2. The van der Waals surface area contributed by atoms with Crippen molar-refractivity contribution in [2.45, 2.75) is 45.0 Å². The zero-order valence-electron chi connectivity index (χ0n) is 14.0. The van der Waals surface area contributed by atoms with Gasteiger partial charge < -0.3 is 15.4 Å². The van der Waals surface area contributed by atoms with E-state index in [1.165, 1.54) is 12.1 Å². The van der Waals surface area contributed by atoms with Gasteiger partial charge in [0.05, 0.1) is 5.56 Å². The Morgan fingerprint density at radius 1 is 1.24 bits per heavy atom. The smallest absolute Gasteiger partial charge is 0.416 e. The molecule has 2 N–H and O–H groups in total. The largest absolute Gasteiger partial charge is 0.436 e. The molecule has 0 heterocycles. The highest BCUT2D eigenvalue weighted by Crippen LogP contribution is 2.30. The average Bonchev–Trinajstić information content (AvgIpc) is 2.44. The summed E-state index contributed by atoms with van der Waals surface area (Å²) in [5, 5.41) is 4.83. The van der Waals surface area contributed by atoms with Crippen molar-refractivity contribution in [1.82, 2.24) is 5.32 Å². The van der Waals surface area contributed by atoms with Gasteiger partial charge >= 0.3 is 12.3 Å². The van der Waals surface area contributed by atoms with Crippen molar-refractivity contribution in [2.75, 3.05) is 11.2 Å². The predicted molar refractivity (Wildman–Crippen MR) is 88.6 cm³/mol. The van der Waals surface area contributed by atoms with E-state index in [0.717, 1.165) is 12.1 Å². The quantitative estimate of drug-likeness (QED) is 0.753. The number of hydrogen-bond acceptors (Lipinski definition) is 3. The maximum absolute atomic E-state index is 12.7. The minimum atomic E-state index is -4.53. The number of ether oxygens (including phenoxy) is 1. The van der Waals surface area contributed by atoms with Crippen molar-refractivity contribution in [3.8, 4) is 0 Å². The molecule has 0 radical (unpaired) electrons. The zero-order chi connectivity index (χ0) is 19.3. The second kappa shape index (κ2) is 8.42. The van der Waals surface area contributed by atoms with Crippen LogP contribution < -0.4 is 10.6 Å². The van der Waals surface area contributed by atoms with E-state index in [1.54, 1.807) is 20.8 Å². The molecule has 0 saturated heterocycles. The van der Waals surface area contributed by atoms with Crippen LogP contribution in [0.5, 0.6) is 0 Å². The SMILES string of the molecule is CC(C)(C)NC(=O)OC(CCCl)C(=O)Nc1cccc(C(F)(F)F)c1. The number of carbonyl (C=O) groups excluding carboxylic acids is 2. The van der Waals surface area contributed by atoms with Crippen LogP contribution in [0.3, 0.4) is 0 Å². The van der Waals surface area contributed by atoms with Crippen molar-refractivity contribution in [2.24, 2.45) is 0 Å². The van der Waals surface area contributed by atoms with Gasteiger partial charge in [0.15, 0.2) is 6.10 Å². The summed E-state index contributed by atoms with van der Waals surface area (Å²) >= 11 is 5.60. The second-order valence-corrected chi connectivity index (χ2v) is 6.69. The number of alkyl halides is 4. The van der Waals surface area contributed by atoms with Gasteiger partial charge in [0.25, 0.3) is 5.91 Å². The molecule has 1 atom stereocenters. The fourth-order valence-corrected chi connectivity index (χ4v) is 2.00. The normalized spacial score (nSPS) is 13.1. The highest BCUT2D eigenvalue weighted by molar-refractivity contribution is 6.18. The summed E-state index contributed by atoms with van der Waals surface area (Å²) in [5.74, 6) is -0.729. The lowest BCUT2D eigenvalue weighted by molar-refractivity contribution is -0.137. The van der Waals surface area contributed by atoms with Gasteiger partial charge in [-0.05, 0) is 39.0 Å². The first-order valence-corrected chi connectivity index (χ1v) is 7.99. The fourth-order valence-electron chi connectivity index (χ4n) is 1.80. The number of amides is 2. The number of alkyl carbamates (subject to hydrolysis) is 1. The number of halogens is 4. The van der Waals surface area contributed by atoms with Gasteiger partial charge in [0, 0.05) is 23.5 Å². The summed E-state index contributed by atoms with van der Waals surface area (Å²) in [7, 11) is 0. The van der Waals surface area contributed by atoms with Gasteiger partial charge in [0.1, 0.15) is 0 Å². The number of carbonyl (C=O) groups is 2. The molecule has 0 bridgehead atoms. The second-order valence-electron chi connectivity index (χ2n) is 6.31. The molecule has 0 spiro atoms. The molecule has 0 saturated carbocycles. The molecule has 1 rings (SSSR count). The molecule has 1 aromatic rings. The summed E-state index contributed by atoms with van der Waals surface area (Å²) in [6.45, 7) is 5.19. The minimum absolute atomic E-state index is 0.0178. The first-order chi connectivity index (χ1) is 11.4. The third-order valence-corrected chi connectivity index (χ3v) is 3.07. The van der Waals surface area contributed by atoms with Crippen LogP contribution in [0.15, 0.2) is 24.3 Å². The number of benzene rings is 1. The maximum Gasteiger partial charge on any atom is 0.416 e. The molecule has 0 aliphatic carbocycles. The molecule has 25 heavy (non-hydrogen) atoms. The van der Waals surface area contributed by atoms with E-state index >= 15 is 0 Å². The third-order valence-electron chi connectivity index (χ3n) is 2.85. The van der Waals surface area contributed by atoms with Crippen LogP contribution in [-0.2, 0) is 15.7 Å². The summed E-state index contributed by atoms with van der Waals surface area (Å²) in [5.41, 5.74) is -1.52. The molecule has 9 heteroatoms. The molecule has 0 aliphatic heterocycles. The van der Waals surface area contributed by atoms with E-state index in [9.17, 15) is 22.8 Å². The molecule has 1 aromatic carbocycles. The molecular weight excluding hydrogens is 361 g/mol. The maximum atomic E-state index is 12.7. The van der Waals surface area contributed by atoms with Crippen molar-refractivity contribution < 1.29 is 27.5 Å². The van der Waals surface area contributed by atoms with E-state index < -0.39 is 35.4 Å². The predicted octanol–water partition coefficient (Wildman–Crippen LogP) is 4.17. The molecule has 5 nitrogen and oxygen atoms in total. The van der Waals surface area contributed by atoms with Crippen LogP contribution in [-0.4, -0.2) is 29.5 Å². The lowest BCUT2D eigenvalue weighted by Gasteiger charge is -2.23. The number of rotatable bonds is 5. The standard InChI is InChI=1S/C16H20ClF3N2O3/c1-15(2,3)22-14(24)25-12(7-8-17)13(23)21-11-6-4-5-10(9-11)16(18,19)20/h4-6,9,12H,7-8H2,1-3H3,(H,21,23)(H,22,24). The van der Waals surface area contributed by atoms with Crippen molar-refractivity contribution in [3.63, 3.8) is 0 Å². The molecule has 0 fully saturated rings. The van der Waals surface area contributed by atoms with Crippen LogP contribution in [0.25, 0.3) is 0 Å². The molecule has 0 aromatic heterocycles. The highest BCUT2D eigenvalue weighted by Gasteiger charge is 2.31. The Morgan fingerprint density at radius 2 is 1.88 bits per heavy atom. The van der Waals surface area contributed by atoms with Crippen molar-refractivity contribution >= 4 is 29.3 Å². The van der Waals surface area contributed by atoms with E-state index in [-0.39, 0.29) is 18.0 Å². The molecular formula is C16H20ClF3N2O3. The van der Waals surface area contributed by atoms with Gasteiger partial charge in [-0.25, -0.2) is 4.79 Å². The Kier molecular flexibility index (Phi) is 7.10. The number of anilines is 1. The van der Waals surface area contributed by atoms with Crippen LogP contribution in [0, 0.1) is 0 Å². The molecule has 140 valence electrons. The summed E-state index contributed by atoms with van der Waals surface area (Å²) in [4.78, 5) is 24.0. The minimum Gasteiger partial charge on any atom is -0.436 e. The van der Waals surface area contributed by atoms with Crippen LogP contribution in [0.1, 0.15) is 32.8 Å². The Hall–Kier alpha value is -1.96. The summed E-state index contributed by atoms with van der Waals surface area (Å²) in [6.07, 6.45) is -6.56.